The van der Waals surface area contributed by atoms with Crippen molar-refractivity contribution in [1.82, 2.24) is 4.90 Å². The van der Waals surface area contributed by atoms with Crippen molar-refractivity contribution in [2.24, 2.45) is 0 Å². The molecule has 4 nitrogen and oxygen atoms in total. The molecular formula is C21H23NO3. The molecule has 2 aromatic carbocycles. The Morgan fingerprint density at radius 3 is 2.52 bits per heavy atom. The van der Waals surface area contributed by atoms with E-state index in [0.717, 1.165) is 42.9 Å². The third kappa shape index (κ3) is 2.97. The molecule has 4 heteroatoms. The van der Waals surface area contributed by atoms with Crippen LogP contribution in [-0.2, 0) is 10.2 Å². The number of rotatable bonds is 5. The summed E-state index contributed by atoms with van der Waals surface area (Å²) in [4.78, 5) is 15.2. The number of para-hydroxylation sites is 2. The van der Waals surface area contributed by atoms with Crippen LogP contribution >= 0.6 is 0 Å². The summed E-state index contributed by atoms with van der Waals surface area (Å²) in [6, 6.07) is 17.7. The number of carbonyl (C=O) groups is 1. The molecule has 0 bridgehead atoms. The minimum atomic E-state index is -0.395. The maximum Gasteiger partial charge on any atom is 0.233 e. The maximum atomic E-state index is 13.2. The lowest BCUT2D eigenvalue weighted by atomic mass is 9.93. The third-order valence-corrected chi connectivity index (χ3v) is 5.26. The van der Waals surface area contributed by atoms with Crippen LogP contribution in [0.3, 0.4) is 0 Å². The summed E-state index contributed by atoms with van der Waals surface area (Å²) in [5, 5.41) is 0. The highest BCUT2D eigenvalue weighted by Gasteiger charge is 2.55. The van der Waals surface area contributed by atoms with E-state index in [2.05, 4.69) is 0 Å². The number of ether oxygens (including phenoxy) is 2. The van der Waals surface area contributed by atoms with Crippen molar-refractivity contribution in [2.75, 3.05) is 20.2 Å². The van der Waals surface area contributed by atoms with E-state index in [0.29, 0.717) is 6.54 Å². The van der Waals surface area contributed by atoms with Crippen molar-refractivity contribution in [2.45, 2.75) is 30.8 Å². The van der Waals surface area contributed by atoms with Crippen LogP contribution in [-0.4, -0.2) is 37.1 Å². The lowest BCUT2D eigenvalue weighted by Gasteiger charge is -2.25. The lowest BCUT2D eigenvalue weighted by Crippen LogP contribution is -2.39. The molecule has 2 fully saturated rings. The van der Waals surface area contributed by atoms with Gasteiger partial charge in [0.05, 0.1) is 19.1 Å². The van der Waals surface area contributed by atoms with Gasteiger partial charge in [-0.15, -0.1) is 0 Å². The molecule has 1 atom stereocenters. The van der Waals surface area contributed by atoms with E-state index in [1.807, 2.05) is 59.5 Å². The SMILES string of the molecule is COc1ccccc1C1(C(=O)N2CC[C@H](Oc3ccccc3)C2)CC1. The smallest absolute Gasteiger partial charge is 0.233 e. The molecule has 4 rings (SSSR count). The number of benzene rings is 2. The number of hydrogen-bond donors (Lipinski definition) is 0. The Hall–Kier alpha value is -2.49. The molecule has 0 radical (unpaired) electrons. The first-order chi connectivity index (χ1) is 12.2. The van der Waals surface area contributed by atoms with Gasteiger partial charge in [-0.25, -0.2) is 0 Å². The largest absolute Gasteiger partial charge is 0.496 e. The highest BCUT2D eigenvalue weighted by atomic mass is 16.5. The predicted molar refractivity (Wildman–Crippen MR) is 96.0 cm³/mol. The Morgan fingerprint density at radius 2 is 1.80 bits per heavy atom. The van der Waals surface area contributed by atoms with Crippen LogP contribution in [0.5, 0.6) is 11.5 Å². The number of amides is 1. The molecule has 1 amide bonds. The summed E-state index contributed by atoms with van der Waals surface area (Å²) < 4.78 is 11.5. The monoisotopic (exact) mass is 337 g/mol. The number of nitrogens with zero attached hydrogens (tertiary/aromatic N) is 1. The second-order valence-corrected chi connectivity index (χ2v) is 6.88. The minimum absolute atomic E-state index is 0.0693. The molecule has 1 aliphatic carbocycles. The quantitative estimate of drug-likeness (QED) is 0.839. The molecule has 2 aliphatic rings. The van der Waals surface area contributed by atoms with Crippen molar-refractivity contribution in [3.63, 3.8) is 0 Å². The van der Waals surface area contributed by atoms with Gasteiger partial charge in [0.1, 0.15) is 17.6 Å². The van der Waals surface area contributed by atoms with Gasteiger partial charge in [0.2, 0.25) is 5.91 Å². The van der Waals surface area contributed by atoms with Crippen LogP contribution in [0.25, 0.3) is 0 Å². The van der Waals surface area contributed by atoms with E-state index in [1.54, 1.807) is 7.11 Å². The van der Waals surface area contributed by atoms with Gasteiger partial charge in [-0.05, 0) is 31.0 Å². The van der Waals surface area contributed by atoms with Gasteiger partial charge in [-0.3, -0.25) is 4.79 Å². The Morgan fingerprint density at radius 1 is 1.08 bits per heavy atom. The van der Waals surface area contributed by atoms with Crippen molar-refractivity contribution in [1.29, 1.82) is 0 Å². The van der Waals surface area contributed by atoms with Gasteiger partial charge in [0, 0.05) is 18.5 Å². The van der Waals surface area contributed by atoms with Crippen LogP contribution in [0.4, 0.5) is 0 Å². The van der Waals surface area contributed by atoms with Gasteiger partial charge in [-0.1, -0.05) is 36.4 Å². The summed E-state index contributed by atoms with van der Waals surface area (Å²) in [6.45, 7) is 1.41. The first-order valence-corrected chi connectivity index (χ1v) is 8.87. The molecule has 0 N–H and O–H groups in total. The van der Waals surface area contributed by atoms with Crippen molar-refractivity contribution in [3.05, 3.63) is 60.2 Å². The fourth-order valence-corrected chi connectivity index (χ4v) is 3.77. The number of methoxy groups -OCH3 is 1. The van der Waals surface area contributed by atoms with E-state index in [1.165, 1.54) is 0 Å². The minimum Gasteiger partial charge on any atom is -0.496 e. The van der Waals surface area contributed by atoms with E-state index in [-0.39, 0.29) is 12.0 Å². The number of hydrogen-bond acceptors (Lipinski definition) is 3. The van der Waals surface area contributed by atoms with E-state index in [4.69, 9.17) is 9.47 Å². The third-order valence-electron chi connectivity index (χ3n) is 5.26. The standard InChI is InChI=1S/C21H23NO3/c1-24-19-10-6-5-9-18(19)21(12-13-21)20(23)22-14-11-17(15-22)25-16-7-3-2-4-8-16/h2-10,17H,11-15H2,1H3/t17-/m0/s1. The molecular weight excluding hydrogens is 314 g/mol. The zero-order valence-electron chi connectivity index (χ0n) is 14.5. The molecule has 0 spiro atoms. The number of likely N-dealkylation sites (tertiary alicyclic amines) is 1. The zero-order valence-corrected chi connectivity index (χ0v) is 14.5. The molecule has 0 aromatic heterocycles. The van der Waals surface area contributed by atoms with Crippen LogP contribution in [0.1, 0.15) is 24.8 Å². The average molecular weight is 337 g/mol. The molecule has 1 saturated heterocycles. The predicted octanol–water partition coefficient (Wildman–Crippen LogP) is 3.41. The van der Waals surface area contributed by atoms with Crippen molar-refractivity contribution < 1.29 is 14.3 Å². The van der Waals surface area contributed by atoms with Crippen molar-refractivity contribution >= 4 is 5.91 Å². The van der Waals surface area contributed by atoms with Crippen LogP contribution in [0, 0.1) is 0 Å². The van der Waals surface area contributed by atoms with Crippen LogP contribution < -0.4 is 9.47 Å². The molecule has 25 heavy (non-hydrogen) atoms. The van der Waals surface area contributed by atoms with Gasteiger partial charge >= 0.3 is 0 Å². The Balaban J connectivity index is 1.47. The highest BCUT2D eigenvalue weighted by molar-refractivity contribution is 5.92. The molecule has 1 heterocycles. The summed E-state index contributed by atoms with van der Waals surface area (Å²) >= 11 is 0. The zero-order chi connectivity index (χ0) is 17.3. The fourth-order valence-electron chi connectivity index (χ4n) is 3.77. The molecule has 0 unspecified atom stereocenters. The van der Waals surface area contributed by atoms with E-state index < -0.39 is 5.41 Å². The second-order valence-electron chi connectivity index (χ2n) is 6.88. The maximum absolute atomic E-state index is 13.2. The van der Waals surface area contributed by atoms with Gasteiger partial charge in [-0.2, -0.15) is 0 Å². The Labute approximate surface area is 148 Å². The molecule has 2 aromatic rings. The van der Waals surface area contributed by atoms with Gasteiger partial charge < -0.3 is 14.4 Å². The average Bonchev–Trinajstić information content (AvgIpc) is 3.35. The Bertz CT molecular complexity index is 755. The van der Waals surface area contributed by atoms with Gasteiger partial charge in [0.15, 0.2) is 0 Å². The van der Waals surface area contributed by atoms with Gasteiger partial charge in [0.25, 0.3) is 0 Å². The van der Waals surface area contributed by atoms with Crippen molar-refractivity contribution in [3.8, 4) is 11.5 Å². The normalized spacial score (nSPS) is 21.0. The Kier molecular flexibility index (Phi) is 4.12. The summed E-state index contributed by atoms with van der Waals surface area (Å²) in [5.74, 6) is 1.90. The summed E-state index contributed by atoms with van der Waals surface area (Å²) in [6.07, 6.45) is 2.74. The highest BCUT2D eigenvalue weighted by Crippen LogP contribution is 2.52. The fraction of sp³-hybridized carbons (Fsp3) is 0.381. The first kappa shape index (κ1) is 16.0. The number of carbonyl (C=O) groups excluding carboxylic acids is 1. The topological polar surface area (TPSA) is 38.8 Å². The summed E-state index contributed by atoms with van der Waals surface area (Å²) in [7, 11) is 1.67. The van der Waals surface area contributed by atoms with Crippen LogP contribution in [0.15, 0.2) is 54.6 Å². The van der Waals surface area contributed by atoms with E-state index in [9.17, 15) is 4.79 Å². The summed E-state index contributed by atoms with van der Waals surface area (Å²) in [5.41, 5.74) is 0.628. The second kappa shape index (κ2) is 6.43. The molecule has 1 aliphatic heterocycles. The van der Waals surface area contributed by atoms with Crippen LogP contribution in [0.2, 0.25) is 0 Å². The molecule has 130 valence electrons. The first-order valence-electron chi connectivity index (χ1n) is 8.87. The molecule has 1 saturated carbocycles. The lowest BCUT2D eigenvalue weighted by molar-refractivity contribution is -0.133. The van der Waals surface area contributed by atoms with E-state index >= 15 is 0 Å².